The third-order valence-electron chi connectivity index (χ3n) is 5.61. The molecule has 0 spiro atoms. The number of carbonyl (C=O) groups is 1. The van der Waals surface area contributed by atoms with E-state index in [0.717, 1.165) is 55.0 Å². The number of aromatic nitrogens is 3. The summed E-state index contributed by atoms with van der Waals surface area (Å²) in [5.74, 6) is 0.167. The van der Waals surface area contributed by atoms with Gasteiger partial charge in [-0.25, -0.2) is 4.98 Å². The predicted octanol–water partition coefficient (Wildman–Crippen LogP) is 4.07. The van der Waals surface area contributed by atoms with Gasteiger partial charge in [0.2, 0.25) is 0 Å². The second kappa shape index (κ2) is 9.57. The normalized spacial score (nSPS) is 14.0. The van der Waals surface area contributed by atoms with Gasteiger partial charge in [-0.05, 0) is 55.4 Å². The van der Waals surface area contributed by atoms with Crippen LogP contribution in [0.3, 0.4) is 0 Å². The lowest BCUT2D eigenvalue weighted by Crippen LogP contribution is -2.14. The van der Waals surface area contributed by atoms with Crippen molar-refractivity contribution in [3.05, 3.63) is 77.2 Å². The topological polar surface area (TPSA) is 80.0 Å². The molecule has 30 heavy (non-hydrogen) atoms. The number of aryl methyl sites for hydroxylation is 3. The van der Waals surface area contributed by atoms with Crippen LogP contribution < -0.4 is 5.32 Å². The highest BCUT2D eigenvalue weighted by Gasteiger charge is 2.17. The zero-order valence-electron chi connectivity index (χ0n) is 17.1. The van der Waals surface area contributed by atoms with Crippen LogP contribution in [0, 0.1) is 0 Å². The maximum atomic E-state index is 11.3. The van der Waals surface area contributed by atoms with E-state index in [1.54, 1.807) is 0 Å². The minimum atomic E-state index is -0.789. The number of fused-ring (bicyclic) bond motifs is 1. The first-order valence-electron chi connectivity index (χ1n) is 10.7. The summed E-state index contributed by atoms with van der Waals surface area (Å²) in [6.07, 6.45) is 7.13. The van der Waals surface area contributed by atoms with Gasteiger partial charge in [-0.1, -0.05) is 36.4 Å². The third-order valence-corrected chi connectivity index (χ3v) is 5.61. The van der Waals surface area contributed by atoms with E-state index in [4.69, 9.17) is 4.98 Å². The molecule has 1 unspecified atom stereocenters. The maximum Gasteiger partial charge on any atom is 0.304 e. The Morgan fingerprint density at radius 2 is 1.93 bits per heavy atom. The van der Waals surface area contributed by atoms with E-state index in [1.807, 2.05) is 47.3 Å². The number of carboxylic acid groups (broad SMARTS) is 1. The molecule has 3 aromatic rings. The van der Waals surface area contributed by atoms with Crippen molar-refractivity contribution >= 4 is 11.8 Å². The molecule has 0 saturated carbocycles. The van der Waals surface area contributed by atoms with Crippen LogP contribution in [0.4, 0.5) is 5.82 Å². The van der Waals surface area contributed by atoms with Gasteiger partial charge >= 0.3 is 5.97 Å². The van der Waals surface area contributed by atoms with Gasteiger partial charge in [-0.15, -0.1) is 0 Å². The second-order valence-corrected chi connectivity index (χ2v) is 7.93. The van der Waals surface area contributed by atoms with Crippen LogP contribution in [-0.4, -0.2) is 32.4 Å². The molecule has 1 aliphatic heterocycles. The summed E-state index contributed by atoms with van der Waals surface area (Å²) in [5, 5.41) is 17.4. The molecule has 1 aromatic carbocycles. The lowest BCUT2D eigenvalue weighted by atomic mass is 9.96. The predicted molar refractivity (Wildman–Crippen MR) is 117 cm³/mol. The van der Waals surface area contributed by atoms with Crippen molar-refractivity contribution in [2.24, 2.45) is 0 Å². The van der Waals surface area contributed by atoms with Gasteiger partial charge in [0.05, 0.1) is 12.1 Å². The molecule has 0 saturated heterocycles. The lowest BCUT2D eigenvalue weighted by Gasteiger charge is -2.17. The SMILES string of the molecule is O=C(O)CC(Cn1ccc(CCCc2ccc3c(n2)NCCC3)n1)c1ccccc1. The Bertz CT molecular complexity index is 984. The van der Waals surface area contributed by atoms with Gasteiger partial charge in [-0.2, -0.15) is 5.10 Å². The van der Waals surface area contributed by atoms with E-state index in [2.05, 4.69) is 22.5 Å². The first-order chi connectivity index (χ1) is 14.7. The second-order valence-electron chi connectivity index (χ2n) is 7.93. The quantitative estimate of drug-likeness (QED) is 0.562. The molecule has 3 heterocycles. The molecule has 2 aromatic heterocycles. The Kier molecular flexibility index (Phi) is 6.42. The van der Waals surface area contributed by atoms with Gasteiger partial charge in [0.15, 0.2) is 0 Å². The number of rotatable bonds is 9. The number of hydrogen-bond donors (Lipinski definition) is 2. The standard InChI is InChI=1S/C24H28N4O2/c29-23(30)16-20(18-6-2-1-3-7-18)17-28-15-13-22(27-28)10-4-9-21-12-11-19-8-5-14-25-24(19)26-21/h1-3,6-7,11-13,15,20H,4-5,8-10,14,16-17H2,(H,25,26)(H,29,30). The zero-order chi connectivity index (χ0) is 20.8. The largest absolute Gasteiger partial charge is 0.481 e. The summed E-state index contributed by atoms with van der Waals surface area (Å²) in [4.78, 5) is 16.1. The van der Waals surface area contributed by atoms with Crippen LogP contribution in [0.2, 0.25) is 0 Å². The number of aliphatic carboxylic acids is 1. The first-order valence-corrected chi connectivity index (χ1v) is 10.7. The van der Waals surface area contributed by atoms with Gasteiger partial charge < -0.3 is 10.4 Å². The molecular formula is C24H28N4O2. The van der Waals surface area contributed by atoms with Crippen molar-refractivity contribution in [3.63, 3.8) is 0 Å². The molecule has 0 aliphatic carbocycles. The first kappa shape index (κ1) is 20.1. The fraction of sp³-hybridized carbons (Fsp3) is 0.375. The number of benzene rings is 1. The summed E-state index contributed by atoms with van der Waals surface area (Å²) in [7, 11) is 0. The fourth-order valence-corrected chi connectivity index (χ4v) is 4.05. The smallest absolute Gasteiger partial charge is 0.304 e. The number of nitrogens with one attached hydrogen (secondary N) is 1. The number of hydrogen-bond acceptors (Lipinski definition) is 4. The van der Waals surface area contributed by atoms with Crippen LogP contribution in [0.25, 0.3) is 0 Å². The van der Waals surface area contributed by atoms with Crippen molar-refractivity contribution in [2.45, 2.75) is 51.0 Å². The summed E-state index contributed by atoms with van der Waals surface area (Å²) in [6.45, 7) is 1.57. The molecule has 0 bridgehead atoms. The van der Waals surface area contributed by atoms with Crippen molar-refractivity contribution in [3.8, 4) is 0 Å². The lowest BCUT2D eigenvalue weighted by molar-refractivity contribution is -0.137. The minimum absolute atomic E-state index is 0.0938. The number of pyridine rings is 1. The molecule has 0 radical (unpaired) electrons. The summed E-state index contributed by atoms with van der Waals surface area (Å²) < 4.78 is 1.87. The number of nitrogens with zero attached hydrogens (tertiary/aromatic N) is 3. The molecule has 1 atom stereocenters. The fourth-order valence-electron chi connectivity index (χ4n) is 4.05. The molecule has 1 aliphatic rings. The van der Waals surface area contributed by atoms with E-state index < -0.39 is 5.97 Å². The number of carboxylic acids is 1. The van der Waals surface area contributed by atoms with Crippen molar-refractivity contribution in [1.82, 2.24) is 14.8 Å². The molecular weight excluding hydrogens is 376 g/mol. The average Bonchev–Trinajstić information content (AvgIpc) is 3.21. The van der Waals surface area contributed by atoms with Gasteiger partial charge in [0.1, 0.15) is 5.82 Å². The molecule has 4 rings (SSSR count). The Morgan fingerprint density at radius 1 is 1.10 bits per heavy atom. The number of anilines is 1. The van der Waals surface area contributed by atoms with Crippen LogP contribution in [-0.2, 0) is 30.6 Å². The van der Waals surface area contributed by atoms with E-state index in [1.165, 1.54) is 12.0 Å². The zero-order valence-corrected chi connectivity index (χ0v) is 17.1. The highest BCUT2D eigenvalue weighted by atomic mass is 16.4. The Morgan fingerprint density at radius 3 is 2.77 bits per heavy atom. The van der Waals surface area contributed by atoms with Crippen LogP contribution >= 0.6 is 0 Å². The highest BCUT2D eigenvalue weighted by molar-refractivity contribution is 5.68. The maximum absolute atomic E-state index is 11.3. The Balaban J connectivity index is 1.33. The minimum Gasteiger partial charge on any atom is -0.481 e. The average molecular weight is 405 g/mol. The van der Waals surface area contributed by atoms with Gasteiger partial charge in [0, 0.05) is 30.9 Å². The van der Waals surface area contributed by atoms with Crippen molar-refractivity contribution in [1.29, 1.82) is 0 Å². The van der Waals surface area contributed by atoms with E-state index in [9.17, 15) is 9.90 Å². The van der Waals surface area contributed by atoms with E-state index in [0.29, 0.717) is 6.54 Å². The highest BCUT2D eigenvalue weighted by Crippen LogP contribution is 2.22. The van der Waals surface area contributed by atoms with Gasteiger partial charge in [-0.3, -0.25) is 9.48 Å². The molecule has 2 N–H and O–H groups in total. The van der Waals surface area contributed by atoms with Crippen LogP contribution in [0.15, 0.2) is 54.7 Å². The van der Waals surface area contributed by atoms with Crippen LogP contribution in [0.5, 0.6) is 0 Å². The molecule has 0 amide bonds. The van der Waals surface area contributed by atoms with E-state index in [-0.39, 0.29) is 12.3 Å². The monoisotopic (exact) mass is 404 g/mol. The van der Waals surface area contributed by atoms with Crippen molar-refractivity contribution < 1.29 is 9.90 Å². The van der Waals surface area contributed by atoms with Crippen molar-refractivity contribution in [2.75, 3.05) is 11.9 Å². The summed E-state index contributed by atoms with van der Waals surface area (Å²) >= 11 is 0. The van der Waals surface area contributed by atoms with E-state index >= 15 is 0 Å². The molecule has 6 heteroatoms. The Hall–Kier alpha value is -3.15. The third kappa shape index (κ3) is 5.26. The summed E-state index contributed by atoms with van der Waals surface area (Å²) in [6, 6.07) is 16.2. The molecule has 6 nitrogen and oxygen atoms in total. The summed E-state index contributed by atoms with van der Waals surface area (Å²) in [5.41, 5.74) is 4.50. The van der Waals surface area contributed by atoms with Crippen LogP contribution in [0.1, 0.15) is 47.7 Å². The Labute approximate surface area is 177 Å². The van der Waals surface area contributed by atoms with Gasteiger partial charge in [0.25, 0.3) is 0 Å². The molecule has 156 valence electrons. The molecule has 0 fully saturated rings.